The van der Waals surface area contributed by atoms with Crippen LogP contribution in [-0.2, 0) is 6.61 Å². The van der Waals surface area contributed by atoms with Gasteiger partial charge in [0.15, 0.2) is 0 Å². The van der Waals surface area contributed by atoms with Crippen molar-refractivity contribution in [3.05, 3.63) is 65.2 Å². The van der Waals surface area contributed by atoms with Crippen molar-refractivity contribution in [2.45, 2.75) is 13.5 Å². The topological polar surface area (TPSA) is 76.7 Å². The molecular weight excluding hydrogens is 266 g/mol. The third-order valence-electron chi connectivity index (χ3n) is 2.87. The molecule has 108 valence electrons. The second-order valence-corrected chi connectivity index (χ2v) is 4.53. The van der Waals surface area contributed by atoms with E-state index in [2.05, 4.69) is 10.5 Å². The normalized spacial score (nSPS) is 10.5. The van der Waals surface area contributed by atoms with Crippen LogP contribution in [0.15, 0.2) is 53.6 Å². The molecule has 2 amide bonds. The van der Waals surface area contributed by atoms with Gasteiger partial charge >= 0.3 is 6.03 Å². The number of nitrogens with two attached hydrogens (primary N) is 1. The molecule has 0 spiro atoms. The van der Waals surface area contributed by atoms with Crippen LogP contribution < -0.4 is 15.9 Å². The van der Waals surface area contributed by atoms with Crippen LogP contribution >= 0.6 is 0 Å². The Morgan fingerprint density at radius 1 is 1.29 bits per heavy atom. The van der Waals surface area contributed by atoms with Gasteiger partial charge in [0, 0.05) is 0 Å². The highest BCUT2D eigenvalue weighted by Crippen LogP contribution is 2.17. The molecule has 0 radical (unpaired) electrons. The van der Waals surface area contributed by atoms with Crippen LogP contribution in [0.4, 0.5) is 4.79 Å². The molecule has 2 rings (SSSR count). The van der Waals surface area contributed by atoms with Gasteiger partial charge in [0.1, 0.15) is 12.4 Å². The van der Waals surface area contributed by atoms with Crippen LogP contribution in [0.5, 0.6) is 5.75 Å². The predicted molar refractivity (Wildman–Crippen MR) is 82.3 cm³/mol. The van der Waals surface area contributed by atoms with Gasteiger partial charge < -0.3 is 10.5 Å². The molecule has 0 aliphatic heterocycles. The van der Waals surface area contributed by atoms with E-state index in [-0.39, 0.29) is 0 Å². The number of aryl methyl sites for hydroxylation is 1. The van der Waals surface area contributed by atoms with E-state index in [9.17, 15) is 4.79 Å². The third kappa shape index (κ3) is 4.65. The van der Waals surface area contributed by atoms with E-state index in [1.807, 2.05) is 55.5 Å². The number of ether oxygens (including phenoxy) is 1. The van der Waals surface area contributed by atoms with E-state index in [0.29, 0.717) is 6.61 Å². The van der Waals surface area contributed by atoms with Crippen LogP contribution in [0.3, 0.4) is 0 Å². The molecule has 21 heavy (non-hydrogen) atoms. The molecule has 0 aliphatic rings. The maximum absolute atomic E-state index is 10.5. The van der Waals surface area contributed by atoms with Crippen LogP contribution in [0, 0.1) is 6.92 Å². The highest BCUT2D eigenvalue weighted by molar-refractivity contribution is 5.83. The molecule has 2 aromatic carbocycles. The minimum Gasteiger partial charge on any atom is -0.489 e. The first-order valence-corrected chi connectivity index (χ1v) is 6.51. The van der Waals surface area contributed by atoms with Crippen molar-refractivity contribution >= 4 is 12.2 Å². The zero-order valence-corrected chi connectivity index (χ0v) is 11.7. The Balaban J connectivity index is 1.98. The maximum Gasteiger partial charge on any atom is 0.332 e. The van der Waals surface area contributed by atoms with Crippen LogP contribution in [0.1, 0.15) is 16.7 Å². The summed E-state index contributed by atoms with van der Waals surface area (Å²) >= 11 is 0. The maximum atomic E-state index is 10.5. The van der Waals surface area contributed by atoms with Gasteiger partial charge in [0.05, 0.1) is 6.21 Å². The molecule has 2 aromatic rings. The van der Waals surface area contributed by atoms with Crippen molar-refractivity contribution in [2.24, 2.45) is 10.8 Å². The first kappa shape index (κ1) is 14.6. The molecule has 0 bridgehead atoms. The Bertz CT molecular complexity index is 639. The number of nitrogens with one attached hydrogen (secondary N) is 1. The first-order chi connectivity index (χ1) is 10.1. The summed E-state index contributed by atoms with van der Waals surface area (Å²) in [5.74, 6) is 0.788. The zero-order chi connectivity index (χ0) is 15.1. The van der Waals surface area contributed by atoms with E-state index >= 15 is 0 Å². The predicted octanol–water partition coefficient (Wildman–Crippen LogP) is 2.58. The number of urea groups is 1. The zero-order valence-electron chi connectivity index (χ0n) is 11.7. The molecular formula is C16H17N3O2. The summed E-state index contributed by atoms with van der Waals surface area (Å²) in [6.07, 6.45) is 1.54. The van der Waals surface area contributed by atoms with Gasteiger partial charge in [-0.25, -0.2) is 10.2 Å². The highest BCUT2D eigenvalue weighted by atomic mass is 16.5. The quantitative estimate of drug-likeness (QED) is 0.653. The minimum absolute atomic E-state index is 0.525. The lowest BCUT2D eigenvalue weighted by molar-refractivity contribution is 0.249. The SMILES string of the molecule is Cc1cc(OCc2ccccc2)ccc1C=NNC(N)=O. The minimum atomic E-state index is -0.688. The Labute approximate surface area is 123 Å². The van der Waals surface area contributed by atoms with Crippen LogP contribution in [0.25, 0.3) is 0 Å². The van der Waals surface area contributed by atoms with Gasteiger partial charge in [-0.2, -0.15) is 5.10 Å². The van der Waals surface area contributed by atoms with Crippen LogP contribution in [-0.4, -0.2) is 12.2 Å². The number of hydrogen-bond donors (Lipinski definition) is 2. The lowest BCUT2D eigenvalue weighted by Gasteiger charge is -2.08. The molecule has 5 heteroatoms. The van der Waals surface area contributed by atoms with Crippen molar-refractivity contribution in [3.8, 4) is 5.75 Å². The fraction of sp³-hybridized carbons (Fsp3) is 0.125. The molecule has 0 aliphatic carbocycles. The Morgan fingerprint density at radius 3 is 2.71 bits per heavy atom. The number of hydrogen-bond acceptors (Lipinski definition) is 3. The summed E-state index contributed by atoms with van der Waals surface area (Å²) < 4.78 is 5.74. The molecule has 0 saturated heterocycles. The third-order valence-corrected chi connectivity index (χ3v) is 2.87. The summed E-state index contributed by atoms with van der Waals surface area (Å²) in [5.41, 5.74) is 10.1. The van der Waals surface area contributed by atoms with E-state index in [4.69, 9.17) is 10.5 Å². The number of amides is 2. The number of primary amides is 1. The number of carbonyl (C=O) groups excluding carboxylic acids is 1. The van der Waals surface area contributed by atoms with Crippen LogP contribution in [0.2, 0.25) is 0 Å². The summed E-state index contributed by atoms with van der Waals surface area (Å²) in [4.78, 5) is 10.5. The van der Waals surface area contributed by atoms with Gasteiger partial charge in [-0.05, 0) is 41.8 Å². The smallest absolute Gasteiger partial charge is 0.332 e. The number of rotatable bonds is 5. The van der Waals surface area contributed by atoms with Crippen molar-refractivity contribution in [2.75, 3.05) is 0 Å². The number of carbonyl (C=O) groups is 1. The Hall–Kier alpha value is -2.82. The van der Waals surface area contributed by atoms with Crippen molar-refractivity contribution in [3.63, 3.8) is 0 Å². The first-order valence-electron chi connectivity index (χ1n) is 6.51. The van der Waals surface area contributed by atoms with Gasteiger partial charge in [-0.1, -0.05) is 30.3 Å². The standard InChI is InChI=1S/C16H17N3O2/c1-12-9-15(21-11-13-5-3-2-4-6-13)8-7-14(12)10-18-19-16(17)20/h2-10H,11H2,1H3,(H3,17,19,20). The monoisotopic (exact) mass is 283 g/mol. The molecule has 0 aromatic heterocycles. The largest absolute Gasteiger partial charge is 0.489 e. The van der Waals surface area contributed by atoms with E-state index in [1.165, 1.54) is 0 Å². The summed E-state index contributed by atoms with van der Waals surface area (Å²) in [6, 6.07) is 14.9. The lowest BCUT2D eigenvalue weighted by atomic mass is 10.1. The highest BCUT2D eigenvalue weighted by Gasteiger charge is 2.00. The average molecular weight is 283 g/mol. The second kappa shape index (κ2) is 7.09. The molecule has 5 nitrogen and oxygen atoms in total. The molecule has 3 N–H and O–H groups in total. The van der Waals surface area contributed by atoms with Gasteiger partial charge in [0.2, 0.25) is 0 Å². The van der Waals surface area contributed by atoms with E-state index in [1.54, 1.807) is 6.21 Å². The number of nitrogens with zero attached hydrogens (tertiary/aromatic N) is 1. The summed E-state index contributed by atoms with van der Waals surface area (Å²) in [7, 11) is 0. The summed E-state index contributed by atoms with van der Waals surface area (Å²) in [6.45, 7) is 2.47. The number of benzene rings is 2. The number of hydrazone groups is 1. The summed E-state index contributed by atoms with van der Waals surface area (Å²) in [5, 5.41) is 3.73. The van der Waals surface area contributed by atoms with E-state index in [0.717, 1.165) is 22.4 Å². The van der Waals surface area contributed by atoms with Crippen molar-refractivity contribution in [1.82, 2.24) is 5.43 Å². The fourth-order valence-corrected chi connectivity index (χ4v) is 1.79. The van der Waals surface area contributed by atoms with Crippen molar-refractivity contribution in [1.29, 1.82) is 0 Å². The molecule has 0 unspecified atom stereocenters. The molecule has 0 atom stereocenters. The average Bonchev–Trinajstić information content (AvgIpc) is 2.48. The van der Waals surface area contributed by atoms with Crippen molar-refractivity contribution < 1.29 is 9.53 Å². The Morgan fingerprint density at radius 2 is 2.05 bits per heavy atom. The van der Waals surface area contributed by atoms with Gasteiger partial charge in [-0.3, -0.25) is 0 Å². The fourth-order valence-electron chi connectivity index (χ4n) is 1.79. The van der Waals surface area contributed by atoms with Gasteiger partial charge in [-0.15, -0.1) is 0 Å². The molecule has 0 heterocycles. The van der Waals surface area contributed by atoms with E-state index < -0.39 is 6.03 Å². The second-order valence-electron chi connectivity index (χ2n) is 4.53. The molecule has 0 fully saturated rings. The molecule has 0 saturated carbocycles. The lowest BCUT2D eigenvalue weighted by Crippen LogP contribution is -2.24. The Kier molecular flexibility index (Phi) is 4.93. The van der Waals surface area contributed by atoms with Gasteiger partial charge in [0.25, 0.3) is 0 Å².